The molecule has 5 nitrogen and oxygen atoms in total. The van der Waals surface area contributed by atoms with Crippen LogP contribution in [0.2, 0.25) is 0 Å². The highest BCUT2D eigenvalue weighted by Crippen LogP contribution is 2.29. The van der Waals surface area contributed by atoms with Gasteiger partial charge in [-0.1, -0.05) is 48.0 Å². The van der Waals surface area contributed by atoms with Gasteiger partial charge in [-0.2, -0.15) is 0 Å². The number of carbonyl (C=O) groups is 1. The van der Waals surface area contributed by atoms with Gasteiger partial charge in [0.05, 0.1) is 11.8 Å². The lowest BCUT2D eigenvalue weighted by atomic mass is 9.84. The zero-order valence-corrected chi connectivity index (χ0v) is 15.5. The summed E-state index contributed by atoms with van der Waals surface area (Å²) >= 11 is 3.51. The lowest BCUT2D eigenvalue weighted by Crippen LogP contribution is -2.45. The Hall–Kier alpha value is -0.920. The van der Waals surface area contributed by atoms with Crippen LogP contribution in [0.1, 0.15) is 25.8 Å². The summed E-state index contributed by atoms with van der Waals surface area (Å²) in [6, 6.07) is 7.02. The summed E-state index contributed by atoms with van der Waals surface area (Å²) in [5, 5.41) is 2.81. The molecule has 1 unspecified atom stereocenters. The van der Waals surface area contributed by atoms with E-state index in [1.807, 2.05) is 38.1 Å². The molecule has 7 heteroatoms. The van der Waals surface area contributed by atoms with Crippen LogP contribution in [0.25, 0.3) is 0 Å². The molecule has 1 aromatic rings. The van der Waals surface area contributed by atoms with Gasteiger partial charge in [-0.25, -0.2) is 8.42 Å². The molecule has 0 spiro atoms. The van der Waals surface area contributed by atoms with Crippen LogP contribution < -0.4 is 11.1 Å². The van der Waals surface area contributed by atoms with Gasteiger partial charge in [-0.15, -0.1) is 0 Å². The Balaban J connectivity index is 2.61. The van der Waals surface area contributed by atoms with E-state index in [0.717, 1.165) is 16.3 Å². The topological polar surface area (TPSA) is 89.3 Å². The zero-order valence-electron chi connectivity index (χ0n) is 13.1. The Morgan fingerprint density at radius 3 is 2.50 bits per heavy atom. The second-order valence-electron chi connectivity index (χ2n) is 6.11. The van der Waals surface area contributed by atoms with Crippen LogP contribution in [0.3, 0.4) is 0 Å². The van der Waals surface area contributed by atoms with E-state index in [2.05, 4.69) is 21.2 Å². The SMILES string of the molecule is CC(C)(CNC(=O)C(N)CCS(C)(=O)=O)c1ccccc1Br. The molecule has 0 aliphatic rings. The van der Waals surface area contributed by atoms with Crippen LogP contribution in [-0.2, 0) is 20.0 Å². The fourth-order valence-corrected chi connectivity index (χ4v) is 3.52. The third-order valence-electron chi connectivity index (χ3n) is 3.44. The molecule has 1 atom stereocenters. The lowest BCUT2D eigenvalue weighted by Gasteiger charge is -2.27. The van der Waals surface area contributed by atoms with Crippen molar-refractivity contribution in [2.24, 2.45) is 5.73 Å². The molecule has 1 aromatic carbocycles. The Labute approximate surface area is 140 Å². The smallest absolute Gasteiger partial charge is 0.236 e. The molecule has 0 aromatic heterocycles. The average Bonchev–Trinajstić information content (AvgIpc) is 2.41. The summed E-state index contributed by atoms with van der Waals surface area (Å²) < 4.78 is 23.2. The minimum atomic E-state index is -3.11. The first-order valence-corrected chi connectivity index (χ1v) is 9.84. The minimum Gasteiger partial charge on any atom is -0.354 e. The molecule has 3 N–H and O–H groups in total. The number of nitrogens with one attached hydrogen (secondary N) is 1. The van der Waals surface area contributed by atoms with Crippen LogP contribution in [0, 0.1) is 0 Å². The van der Waals surface area contributed by atoms with Crippen LogP contribution in [0.4, 0.5) is 0 Å². The van der Waals surface area contributed by atoms with Crippen molar-refractivity contribution < 1.29 is 13.2 Å². The number of hydrogen-bond donors (Lipinski definition) is 2. The highest BCUT2D eigenvalue weighted by Gasteiger charge is 2.25. The van der Waals surface area contributed by atoms with Crippen LogP contribution >= 0.6 is 15.9 Å². The quantitative estimate of drug-likeness (QED) is 0.739. The summed E-state index contributed by atoms with van der Waals surface area (Å²) in [6.45, 7) is 4.46. The molecule has 0 radical (unpaired) electrons. The van der Waals surface area contributed by atoms with Crippen molar-refractivity contribution >= 4 is 31.7 Å². The number of sulfone groups is 1. The Bertz CT molecular complexity index is 629. The molecule has 22 heavy (non-hydrogen) atoms. The first-order valence-electron chi connectivity index (χ1n) is 6.99. The summed E-state index contributed by atoms with van der Waals surface area (Å²) in [5.41, 5.74) is 6.55. The van der Waals surface area contributed by atoms with Crippen molar-refractivity contribution in [3.05, 3.63) is 34.3 Å². The molecular weight excluding hydrogens is 368 g/mol. The number of carbonyl (C=O) groups excluding carboxylic acids is 1. The molecule has 1 amide bonds. The van der Waals surface area contributed by atoms with Crippen molar-refractivity contribution in [3.63, 3.8) is 0 Å². The maximum atomic E-state index is 12.0. The second-order valence-corrected chi connectivity index (χ2v) is 9.22. The second kappa shape index (κ2) is 7.57. The maximum Gasteiger partial charge on any atom is 0.236 e. The van der Waals surface area contributed by atoms with E-state index in [1.54, 1.807) is 0 Å². The number of hydrogen-bond acceptors (Lipinski definition) is 4. The number of halogens is 1. The summed E-state index contributed by atoms with van der Waals surface area (Å²) in [5.74, 6) is -0.418. The van der Waals surface area contributed by atoms with Gasteiger partial charge in [-0.3, -0.25) is 4.79 Å². The van der Waals surface area contributed by atoms with Crippen LogP contribution in [-0.4, -0.2) is 38.9 Å². The van der Waals surface area contributed by atoms with Gasteiger partial charge >= 0.3 is 0 Å². The van der Waals surface area contributed by atoms with E-state index in [9.17, 15) is 13.2 Å². The molecule has 0 aliphatic carbocycles. The fraction of sp³-hybridized carbons (Fsp3) is 0.533. The number of rotatable bonds is 7. The maximum absolute atomic E-state index is 12.0. The van der Waals surface area contributed by atoms with E-state index in [1.165, 1.54) is 0 Å². The molecule has 0 fully saturated rings. The number of benzene rings is 1. The average molecular weight is 391 g/mol. The third kappa shape index (κ3) is 6.06. The molecule has 0 saturated carbocycles. The van der Waals surface area contributed by atoms with Gasteiger partial charge in [-0.05, 0) is 18.1 Å². The van der Waals surface area contributed by atoms with Crippen molar-refractivity contribution in [1.82, 2.24) is 5.32 Å². The van der Waals surface area contributed by atoms with E-state index in [0.29, 0.717) is 6.54 Å². The number of amides is 1. The highest BCUT2D eigenvalue weighted by molar-refractivity contribution is 9.10. The highest BCUT2D eigenvalue weighted by atomic mass is 79.9. The van der Waals surface area contributed by atoms with Gasteiger partial charge < -0.3 is 11.1 Å². The normalized spacial score (nSPS) is 13.7. The van der Waals surface area contributed by atoms with Crippen molar-refractivity contribution in [1.29, 1.82) is 0 Å². The summed E-state index contributed by atoms with van der Waals surface area (Å²) in [4.78, 5) is 12.0. The minimum absolute atomic E-state index is 0.0881. The summed E-state index contributed by atoms with van der Waals surface area (Å²) in [6.07, 6.45) is 1.26. The fourth-order valence-electron chi connectivity index (χ4n) is 2.02. The Kier molecular flexibility index (Phi) is 6.58. The predicted octanol–water partition coefficient (Wildman–Crippen LogP) is 1.60. The van der Waals surface area contributed by atoms with Crippen LogP contribution in [0.15, 0.2) is 28.7 Å². The molecular formula is C15H23BrN2O3S. The Morgan fingerprint density at radius 2 is 1.95 bits per heavy atom. The zero-order chi connectivity index (χ0) is 17.0. The molecule has 124 valence electrons. The van der Waals surface area contributed by atoms with Gasteiger partial charge in [0.25, 0.3) is 0 Å². The van der Waals surface area contributed by atoms with E-state index < -0.39 is 15.9 Å². The Morgan fingerprint density at radius 1 is 1.36 bits per heavy atom. The van der Waals surface area contributed by atoms with Gasteiger partial charge in [0, 0.05) is 22.7 Å². The lowest BCUT2D eigenvalue weighted by molar-refractivity contribution is -0.122. The molecule has 1 rings (SSSR count). The predicted molar refractivity (Wildman–Crippen MR) is 92.5 cm³/mol. The molecule has 0 aliphatic heterocycles. The van der Waals surface area contributed by atoms with Gasteiger partial charge in [0.15, 0.2) is 0 Å². The van der Waals surface area contributed by atoms with Gasteiger partial charge in [0.2, 0.25) is 5.91 Å². The van der Waals surface area contributed by atoms with Crippen molar-refractivity contribution in [2.45, 2.75) is 31.7 Å². The molecule has 0 bridgehead atoms. The van der Waals surface area contributed by atoms with E-state index >= 15 is 0 Å². The van der Waals surface area contributed by atoms with E-state index in [4.69, 9.17) is 5.73 Å². The molecule has 0 heterocycles. The third-order valence-corrected chi connectivity index (χ3v) is 5.11. The summed E-state index contributed by atoms with van der Waals surface area (Å²) in [7, 11) is -3.11. The van der Waals surface area contributed by atoms with Crippen molar-refractivity contribution in [2.75, 3.05) is 18.6 Å². The van der Waals surface area contributed by atoms with Gasteiger partial charge in [0.1, 0.15) is 9.84 Å². The monoisotopic (exact) mass is 390 g/mol. The standard InChI is InChI=1S/C15H23BrN2O3S/c1-15(2,11-6-4-5-7-12(11)16)10-18-14(19)13(17)8-9-22(3,20)21/h4-7,13H,8-10,17H2,1-3H3,(H,18,19). The first-order chi connectivity index (χ1) is 10.0. The van der Waals surface area contributed by atoms with Crippen molar-refractivity contribution in [3.8, 4) is 0 Å². The number of nitrogens with two attached hydrogens (primary N) is 1. The first kappa shape index (κ1) is 19.1. The van der Waals surface area contributed by atoms with E-state index in [-0.39, 0.29) is 23.5 Å². The largest absolute Gasteiger partial charge is 0.354 e. The van der Waals surface area contributed by atoms with Crippen LogP contribution in [0.5, 0.6) is 0 Å². The molecule has 0 saturated heterocycles.